The summed E-state index contributed by atoms with van der Waals surface area (Å²) in [4.78, 5) is 48.7. The Morgan fingerprint density at radius 1 is 0.875 bits per heavy atom. The molecular formula is C28H43NO11. The molecule has 0 saturated carbocycles. The number of aliphatic carboxylic acids is 1. The Labute approximate surface area is 235 Å². The largest absolute Gasteiger partial charge is 0.514 e. The molecule has 1 rings (SSSR count). The van der Waals surface area contributed by atoms with Gasteiger partial charge in [0.2, 0.25) is 0 Å². The molecule has 0 heterocycles. The van der Waals surface area contributed by atoms with Crippen LogP contribution in [-0.2, 0) is 23.7 Å². The van der Waals surface area contributed by atoms with Gasteiger partial charge in [-0.05, 0) is 78.5 Å². The molecule has 12 nitrogen and oxygen atoms in total. The summed E-state index contributed by atoms with van der Waals surface area (Å²) >= 11 is 0. The van der Waals surface area contributed by atoms with Crippen molar-refractivity contribution < 1.29 is 52.7 Å². The Hall–Kier alpha value is -3.54. The van der Waals surface area contributed by atoms with E-state index in [0.29, 0.717) is 5.56 Å². The van der Waals surface area contributed by atoms with Gasteiger partial charge in [0.25, 0.3) is 0 Å². The van der Waals surface area contributed by atoms with E-state index in [2.05, 4.69) is 0 Å². The lowest BCUT2D eigenvalue weighted by molar-refractivity contribution is -0.139. The second-order valence-corrected chi connectivity index (χ2v) is 11.5. The Bertz CT molecular complexity index is 1030. The van der Waals surface area contributed by atoms with Gasteiger partial charge in [-0.25, -0.2) is 14.4 Å². The highest BCUT2D eigenvalue weighted by Gasteiger charge is 2.31. The summed E-state index contributed by atoms with van der Waals surface area (Å²) in [6.07, 6.45) is -2.99. The van der Waals surface area contributed by atoms with Crippen LogP contribution in [0.25, 0.3) is 0 Å². The zero-order valence-electron chi connectivity index (χ0n) is 24.8. The first-order chi connectivity index (χ1) is 18.3. The summed E-state index contributed by atoms with van der Waals surface area (Å²) < 4.78 is 31.4. The third-order valence-corrected chi connectivity index (χ3v) is 5.35. The van der Waals surface area contributed by atoms with Crippen molar-refractivity contribution in [2.45, 2.75) is 104 Å². The molecule has 0 fully saturated rings. The van der Waals surface area contributed by atoms with Crippen LogP contribution in [0, 0.1) is 5.92 Å². The van der Waals surface area contributed by atoms with E-state index in [4.69, 9.17) is 34.2 Å². The van der Waals surface area contributed by atoms with Crippen LogP contribution in [0.2, 0.25) is 0 Å². The van der Waals surface area contributed by atoms with E-state index in [9.17, 15) is 24.3 Å². The van der Waals surface area contributed by atoms with E-state index < -0.39 is 53.7 Å². The highest BCUT2D eigenvalue weighted by atomic mass is 16.8. The van der Waals surface area contributed by atoms with Gasteiger partial charge < -0.3 is 39.3 Å². The van der Waals surface area contributed by atoms with Crippen LogP contribution >= 0.6 is 0 Å². The van der Waals surface area contributed by atoms with Crippen molar-refractivity contribution in [3.8, 4) is 11.5 Å². The van der Waals surface area contributed by atoms with Crippen LogP contribution in [0.3, 0.4) is 0 Å². The van der Waals surface area contributed by atoms with Gasteiger partial charge in [0.1, 0.15) is 23.3 Å². The van der Waals surface area contributed by atoms with Crippen molar-refractivity contribution in [3.05, 3.63) is 23.8 Å². The van der Waals surface area contributed by atoms with Crippen molar-refractivity contribution in [2.24, 2.45) is 11.7 Å². The van der Waals surface area contributed by atoms with Gasteiger partial charge in [0.05, 0.1) is 6.61 Å². The van der Waals surface area contributed by atoms with E-state index in [1.54, 1.807) is 48.5 Å². The molecule has 0 spiro atoms. The van der Waals surface area contributed by atoms with Crippen molar-refractivity contribution >= 4 is 24.4 Å². The molecule has 0 aliphatic rings. The van der Waals surface area contributed by atoms with Crippen molar-refractivity contribution in [3.63, 3.8) is 0 Å². The number of hydrogen-bond donors (Lipinski definition) is 2. The second kappa shape index (κ2) is 14.7. The molecule has 0 radical (unpaired) electrons. The fourth-order valence-electron chi connectivity index (χ4n) is 3.23. The van der Waals surface area contributed by atoms with Crippen LogP contribution in [0.5, 0.6) is 11.5 Å². The minimum Gasteiger partial charge on any atom is -0.480 e. The van der Waals surface area contributed by atoms with Gasteiger partial charge in [-0.3, -0.25) is 4.79 Å². The quantitative estimate of drug-likeness (QED) is 0.187. The number of carbonyl (C=O) groups excluding carboxylic acids is 3. The number of ether oxygens (including phenoxy) is 6. The number of carbonyl (C=O) groups is 4. The molecule has 1 aromatic rings. The predicted octanol–water partition coefficient (Wildman–Crippen LogP) is 5.79. The maximum Gasteiger partial charge on any atom is 0.514 e. The zero-order chi connectivity index (χ0) is 30.8. The second-order valence-electron chi connectivity index (χ2n) is 11.5. The molecular weight excluding hydrogens is 526 g/mol. The topological polar surface area (TPSA) is 170 Å². The summed E-state index contributed by atoms with van der Waals surface area (Å²) in [5, 5.41) is 9.66. The molecule has 226 valence electrons. The van der Waals surface area contributed by atoms with E-state index in [0.717, 1.165) is 6.42 Å². The maximum atomic E-state index is 12.4. The van der Waals surface area contributed by atoms with E-state index in [-0.39, 0.29) is 30.4 Å². The van der Waals surface area contributed by atoms with Crippen LogP contribution in [0.1, 0.15) is 86.6 Å². The lowest BCUT2D eigenvalue weighted by Crippen LogP contribution is -2.38. The summed E-state index contributed by atoms with van der Waals surface area (Å²) in [6.45, 7) is 15.5. The van der Waals surface area contributed by atoms with E-state index in [1.807, 2.05) is 13.8 Å². The molecule has 4 atom stereocenters. The lowest BCUT2D eigenvalue weighted by atomic mass is 9.87. The average molecular weight is 570 g/mol. The van der Waals surface area contributed by atoms with Crippen molar-refractivity contribution in [1.29, 1.82) is 0 Å². The van der Waals surface area contributed by atoms with Crippen LogP contribution in [-0.4, -0.2) is 59.5 Å². The molecule has 0 amide bonds. The molecule has 0 bridgehead atoms. The number of hydrogen-bond acceptors (Lipinski definition) is 11. The number of benzene rings is 1. The molecule has 3 unspecified atom stereocenters. The fourth-order valence-corrected chi connectivity index (χ4v) is 3.23. The summed E-state index contributed by atoms with van der Waals surface area (Å²) in [5.74, 6) is -2.47. The first-order valence-electron chi connectivity index (χ1n) is 13.1. The molecule has 0 aromatic heterocycles. The zero-order valence-corrected chi connectivity index (χ0v) is 24.8. The molecule has 3 N–H and O–H groups in total. The average Bonchev–Trinajstić information content (AvgIpc) is 2.79. The maximum absolute atomic E-state index is 12.4. The molecule has 12 heteroatoms. The van der Waals surface area contributed by atoms with Gasteiger partial charge in [0, 0.05) is 5.92 Å². The third kappa shape index (κ3) is 13.0. The highest BCUT2D eigenvalue weighted by Crippen LogP contribution is 2.35. The van der Waals surface area contributed by atoms with Crippen molar-refractivity contribution in [2.75, 3.05) is 6.61 Å². The normalized spacial score (nSPS) is 14.7. The standard InChI is InChI=1S/C28H43NO11/c1-10-16(2)15-35-24(32)36-17(3)13-19(22(29)23(30)31)18-11-12-20(37-25(33)39-27(4,5)6)21(14-18)38-26(34)40-28(7,8)9/h11-12,14,16-17,19,22H,10,13,15,29H2,1-9H3,(H,30,31)/t16?,17?,19?,22-/m0/s1. The SMILES string of the molecule is CCC(C)COC(=O)OC(C)CC(c1ccc(OC(=O)OC(C)(C)C)c(OC(=O)OC(C)(C)C)c1)[C@H](N)C(=O)O. The lowest BCUT2D eigenvalue weighted by Gasteiger charge is -2.26. The number of nitrogens with two attached hydrogens (primary N) is 1. The smallest absolute Gasteiger partial charge is 0.480 e. The van der Waals surface area contributed by atoms with E-state index >= 15 is 0 Å². The van der Waals surface area contributed by atoms with Crippen LogP contribution in [0.4, 0.5) is 14.4 Å². The first kappa shape index (κ1) is 34.5. The summed E-state index contributed by atoms with van der Waals surface area (Å²) in [5.41, 5.74) is 4.58. The van der Waals surface area contributed by atoms with Gasteiger partial charge in [-0.15, -0.1) is 0 Å². The Balaban J connectivity index is 3.32. The Morgan fingerprint density at radius 2 is 1.40 bits per heavy atom. The van der Waals surface area contributed by atoms with Crippen LogP contribution in [0.15, 0.2) is 18.2 Å². The molecule has 0 aliphatic heterocycles. The minimum absolute atomic E-state index is 0.00988. The van der Waals surface area contributed by atoms with E-state index in [1.165, 1.54) is 18.2 Å². The Morgan fingerprint density at radius 3 is 1.88 bits per heavy atom. The van der Waals surface area contributed by atoms with Gasteiger partial charge in [0.15, 0.2) is 11.5 Å². The molecule has 0 aliphatic carbocycles. The highest BCUT2D eigenvalue weighted by molar-refractivity contribution is 5.75. The minimum atomic E-state index is -1.42. The van der Waals surface area contributed by atoms with Crippen LogP contribution < -0.4 is 15.2 Å². The predicted molar refractivity (Wildman–Crippen MR) is 144 cm³/mol. The first-order valence-corrected chi connectivity index (χ1v) is 13.1. The number of rotatable bonds is 11. The van der Waals surface area contributed by atoms with Gasteiger partial charge in [-0.2, -0.15) is 0 Å². The summed E-state index contributed by atoms with van der Waals surface area (Å²) in [7, 11) is 0. The summed E-state index contributed by atoms with van der Waals surface area (Å²) in [6, 6.07) is 2.66. The molecule has 1 aromatic carbocycles. The van der Waals surface area contributed by atoms with Gasteiger partial charge >= 0.3 is 24.4 Å². The molecule has 0 saturated heterocycles. The fraction of sp³-hybridized carbons (Fsp3) is 0.643. The number of carboxylic acids is 1. The molecule has 40 heavy (non-hydrogen) atoms. The van der Waals surface area contributed by atoms with Crippen molar-refractivity contribution in [1.82, 2.24) is 0 Å². The number of carboxylic acid groups (broad SMARTS) is 1. The Kier molecular flexibility index (Phi) is 12.7. The monoisotopic (exact) mass is 569 g/mol. The van der Waals surface area contributed by atoms with Gasteiger partial charge in [-0.1, -0.05) is 26.3 Å². The third-order valence-electron chi connectivity index (χ3n) is 5.35.